The first-order valence-electron chi connectivity index (χ1n) is 9.20. The van der Waals surface area contributed by atoms with Gasteiger partial charge in [0.05, 0.1) is 10.6 Å². The second-order valence-corrected chi connectivity index (χ2v) is 7.17. The van der Waals surface area contributed by atoms with E-state index < -0.39 is 36.0 Å². The van der Waals surface area contributed by atoms with Gasteiger partial charge in [-0.15, -0.1) is 6.42 Å². The molecule has 28 heavy (non-hydrogen) atoms. The molecule has 0 aliphatic rings. The van der Waals surface area contributed by atoms with Crippen LogP contribution in [0.2, 0.25) is 5.02 Å². The van der Waals surface area contributed by atoms with Crippen molar-refractivity contribution in [2.24, 2.45) is 5.92 Å². The third-order valence-corrected chi connectivity index (χ3v) is 4.86. The first-order chi connectivity index (χ1) is 13.2. The Morgan fingerprint density at radius 2 is 1.82 bits per heavy atom. The molecule has 2 N–H and O–H groups in total. The van der Waals surface area contributed by atoms with E-state index in [2.05, 4.69) is 16.6 Å². The van der Waals surface area contributed by atoms with Crippen LogP contribution in [0.15, 0.2) is 24.3 Å². The summed E-state index contributed by atoms with van der Waals surface area (Å²) in [5.41, 5.74) is -0.510. The lowest BCUT2D eigenvalue weighted by molar-refractivity contribution is -0.151. The molecule has 1 rings (SSSR count). The molecule has 7 heteroatoms. The Morgan fingerprint density at radius 1 is 1.21 bits per heavy atom. The van der Waals surface area contributed by atoms with E-state index in [-0.39, 0.29) is 16.5 Å². The third kappa shape index (κ3) is 6.28. The molecule has 152 valence electrons. The maximum absolute atomic E-state index is 12.4. The second-order valence-electron chi connectivity index (χ2n) is 6.76. The molecular formula is C21H27ClN2O4. The van der Waals surface area contributed by atoms with Gasteiger partial charge in [-0.05, 0) is 30.9 Å². The quantitative estimate of drug-likeness (QED) is 0.487. The van der Waals surface area contributed by atoms with Crippen molar-refractivity contribution in [2.75, 3.05) is 6.61 Å². The third-order valence-electron chi connectivity index (χ3n) is 4.53. The van der Waals surface area contributed by atoms with Gasteiger partial charge in [0.2, 0.25) is 0 Å². The summed E-state index contributed by atoms with van der Waals surface area (Å²) in [6.07, 6.45) is 6.63. The largest absolute Gasteiger partial charge is 0.454 e. The summed E-state index contributed by atoms with van der Waals surface area (Å²) < 4.78 is 5.11. The van der Waals surface area contributed by atoms with Crippen molar-refractivity contribution in [3.05, 3.63) is 34.9 Å². The van der Waals surface area contributed by atoms with Crippen molar-refractivity contribution in [1.82, 2.24) is 10.6 Å². The van der Waals surface area contributed by atoms with Crippen LogP contribution in [0.1, 0.15) is 50.9 Å². The highest BCUT2D eigenvalue weighted by atomic mass is 35.5. The number of halogens is 1. The number of ether oxygens (including phenoxy) is 1. The average Bonchev–Trinajstić information content (AvgIpc) is 2.68. The molecule has 0 fully saturated rings. The number of carbonyl (C=O) groups excluding carboxylic acids is 3. The minimum atomic E-state index is -0.925. The van der Waals surface area contributed by atoms with Crippen LogP contribution < -0.4 is 10.6 Å². The zero-order valence-corrected chi connectivity index (χ0v) is 17.4. The molecule has 0 saturated heterocycles. The smallest absolute Gasteiger partial charge is 0.329 e. The molecule has 1 aromatic carbocycles. The van der Waals surface area contributed by atoms with Crippen LogP contribution in [-0.2, 0) is 14.3 Å². The number of esters is 1. The molecule has 0 aromatic heterocycles. The maximum atomic E-state index is 12.4. The first-order valence-corrected chi connectivity index (χ1v) is 9.58. The van der Waals surface area contributed by atoms with E-state index in [0.717, 1.165) is 0 Å². The van der Waals surface area contributed by atoms with Crippen LogP contribution in [0.5, 0.6) is 0 Å². The van der Waals surface area contributed by atoms with Gasteiger partial charge in [0.25, 0.3) is 11.8 Å². The van der Waals surface area contributed by atoms with Gasteiger partial charge in [0.15, 0.2) is 6.61 Å². The van der Waals surface area contributed by atoms with Crippen LogP contribution in [0.4, 0.5) is 0 Å². The van der Waals surface area contributed by atoms with E-state index in [4.69, 9.17) is 22.8 Å². The highest BCUT2D eigenvalue weighted by Crippen LogP contribution is 2.16. The number of terminal acetylenes is 1. The lowest BCUT2D eigenvalue weighted by atomic mass is 9.94. The van der Waals surface area contributed by atoms with E-state index in [1.807, 2.05) is 13.8 Å². The molecule has 0 radical (unpaired) electrons. The summed E-state index contributed by atoms with van der Waals surface area (Å²) in [5.74, 6) is 0.644. The molecule has 0 bridgehead atoms. The molecule has 0 saturated carbocycles. The molecule has 1 aromatic rings. The Bertz CT molecular complexity index is 751. The van der Waals surface area contributed by atoms with Gasteiger partial charge in [-0.1, -0.05) is 57.3 Å². The summed E-state index contributed by atoms with van der Waals surface area (Å²) in [7, 11) is 0. The number of amides is 2. The number of hydrogen-bond donors (Lipinski definition) is 2. The van der Waals surface area contributed by atoms with Crippen LogP contribution in [-0.4, -0.2) is 36.0 Å². The van der Waals surface area contributed by atoms with Gasteiger partial charge in [-0.2, -0.15) is 0 Å². The number of hydrogen-bond acceptors (Lipinski definition) is 4. The van der Waals surface area contributed by atoms with Gasteiger partial charge in [-0.25, -0.2) is 4.79 Å². The van der Waals surface area contributed by atoms with Crippen LogP contribution in [0.25, 0.3) is 0 Å². The van der Waals surface area contributed by atoms with Gasteiger partial charge in [-0.3, -0.25) is 9.59 Å². The van der Waals surface area contributed by atoms with Crippen molar-refractivity contribution in [3.8, 4) is 12.3 Å². The summed E-state index contributed by atoms with van der Waals surface area (Å²) >= 11 is 6.02. The average molecular weight is 407 g/mol. The number of nitrogens with one attached hydrogen (secondary N) is 2. The van der Waals surface area contributed by atoms with Crippen LogP contribution >= 0.6 is 11.6 Å². The SMILES string of the molecule is C#CC(CC)(CC)NC(=O)COC(=O)[C@@H](NC(=O)c1ccccc1Cl)C(C)C. The Hall–Kier alpha value is -2.52. The van der Waals surface area contributed by atoms with Crippen molar-refractivity contribution in [2.45, 2.75) is 52.1 Å². The summed E-state index contributed by atoms with van der Waals surface area (Å²) in [4.78, 5) is 37.0. The van der Waals surface area contributed by atoms with Crippen LogP contribution in [0.3, 0.4) is 0 Å². The number of carbonyl (C=O) groups is 3. The Labute approximate surface area is 171 Å². The molecule has 0 aliphatic heterocycles. The van der Waals surface area contributed by atoms with Crippen molar-refractivity contribution < 1.29 is 19.1 Å². The summed E-state index contributed by atoms with van der Waals surface area (Å²) in [6.45, 7) is 6.78. The minimum Gasteiger partial charge on any atom is -0.454 e. The van der Waals surface area contributed by atoms with E-state index >= 15 is 0 Å². The fourth-order valence-corrected chi connectivity index (χ4v) is 2.78. The molecule has 0 aliphatic carbocycles. The Balaban J connectivity index is 2.73. The predicted octanol–water partition coefficient (Wildman–Crippen LogP) is 2.95. The van der Waals surface area contributed by atoms with E-state index in [9.17, 15) is 14.4 Å². The lowest BCUT2D eigenvalue weighted by Crippen LogP contribution is -2.49. The second kappa shape index (κ2) is 10.7. The van der Waals surface area contributed by atoms with Crippen molar-refractivity contribution >= 4 is 29.4 Å². The molecule has 6 nitrogen and oxygen atoms in total. The Kier molecular flexibility index (Phi) is 9.01. The van der Waals surface area contributed by atoms with Gasteiger partial charge in [0.1, 0.15) is 11.6 Å². The van der Waals surface area contributed by atoms with Crippen LogP contribution in [0, 0.1) is 18.3 Å². The zero-order chi connectivity index (χ0) is 21.3. The summed E-state index contributed by atoms with van der Waals surface area (Å²) in [6, 6.07) is 5.60. The van der Waals surface area contributed by atoms with Crippen molar-refractivity contribution in [3.63, 3.8) is 0 Å². The van der Waals surface area contributed by atoms with Gasteiger partial charge < -0.3 is 15.4 Å². The standard InChI is InChI=1S/C21H27ClN2O4/c1-6-21(7-2,8-3)24-17(25)13-28-20(27)18(14(4)5)23-19(26)15-11-9-10-12-16(15)22/h1,9-12,14,18H,7-8,13H2,2-5H3,(H,23,26)(H,24,25)/t18-/m0/s1. The monoisotopic (exact) mass is 406 g/mol. The lowest BCUT2D eigenvalue weighted by Gasteiger charge is -2.27. The predicted molar refractivity (Wildman–Crippen MR) is 109 cm³/mol. The van der Waals surface area contributed by atoms with E-state index in [0.29, 0.717) is 12.8 Å². The molecule has 0 spiro atoms. The maximum Gasteiger partial charge on any atom is 0.329 e. The zero-order valence-electron chi connectivity index (χ0n) is 16.7. The highest BCUT2D eigenvalue weighted by Gasteiger charge is 2.29. The van der Waals surface area contributed by atoms with E-state index in [1.54, 1.807) is 38.1 Å². The Morgan fingerprint density at radius 3 is 2.32 bits per heavy atom. The molecule has 0 heterocycles. The van der Waals surface area contributed by atoms with Gasteiger partial charge in [0, 0.05) is 0 Å². The number of benzene rings is 1. The molecule has 2 amide bonds. The molecule has 0 unspecified atom stereocenters. The highest BCUT2D eigenvalue weighted by molar-refractivity contribution is 6.33. The first kappa shape index (κ1) is 23.5. The fraction of sp³-hybridized carbons (Fsp3) is 0.476. The topological polar surface area (TPSA) is 84.5 Å². The minimum absolute atomic E-state index is 0.252. The van der Waals surface area contributed by atoms with E-state index in [1.165, 1.54) is 0 Å². The fourth-order valence-electron chi connectivity index (χ4n) is 2.56. The molecule has 1 atom stereocenters. The van der Waals surface area contributed by atoms with Crippen molar-refractivity contribution in [1.29, 1.82) is 0 Å². The normalized spacial score (nSPS) is 12.0. The summed E-state index contributed by atoms with van der Waals surface area (Å²) in [5, 5.41) is 5.61. The molecular weight excluding hydrogens is 380 g/mol. The number of rotatable bonds is 9. The van der Waals surface area contributed by atoms with Gasteiger partial charge >= 0.3 is 5.97 Å².